The van der Waals surface area contributed by atoms with Crippen LogP contribution in [-0.4, -0.2) is 33.3 Å². The number of sulfone groups is 1. The van der Waals surface area contributed by atoms with Crippen molar-refractivity contribution in [1.82, 2.24) is 4.98 Å². The second-order valence-corrected chi connectivity index (χ2v) is 6.91. The molecule has 0 saturated carbocycles. The minimum atomic E-state index is -3.93. The monoisotopic (exact) mass is 275 g/mol. The molecule has 0 aliphatic heterocycles. The van der Waals surface area contributed by atoms with Crippen LogP contribution in [0.1, 0.15) is 5.56 Å². The standard InChI is InChI=1S/C8H9N3O4S2/c9-6-7-2-1-3-11-8(7)16(12,13)4-5-17(10,14)15/h1-3H,4-5H2,(H2,10,14,15). The van der Waals surface area contributed by atoms with Gasteiger partial charge in [-0.25, -0.2) is 27.0 Å². The lowest BCUT2D eigenvalue weighted by Crippen LogP contribution is -2.24. The zero-order valence-corrected chi connectivity index (χ0v) is 10.2. The maximum absolute atomic E-state index is 11.7. The molecule has 1 aromatic rings. The third-order valence-corrected chi connectivity index (χ3v) is 4.51. The molecule has 0 bridgehead atoms. The number of hydrogen-bond donors (Lipinski definition) is 1. The topological polar surface area (TPSA) is 131 Å². The molecule has 0 aliphatic carbocycles. The lowest BCUT2D eigenvalue weighted by atomic mass is 10.3. The number of nitriles is 1. The maximum Gasteiger partial charge on any atom is 0.210 e. The zero-order valence-electron chi connectivity index (χ0n) is 8.57. The van der Waals surface area contributed by atoms with Crippen molar-refractivity contribution in [1.29, 1.82) is 5.26 Å². The SMILES string of the molecule is N#Cc1cccnc1S(=O)(=O)CCS(N)(=O)=O. The molecule has 1 heterocycles. The molecule has 9 heteroatoms. The van der Waals surface area contributed by atoms with Crippen LogP contribution in [0.25, 0.3) is 0 Å². The van der Waals surface area contributed by atoms with Gasteiger partial charge in [0, 0.05) is 6.20 Å². The summed E-state index contributed by atoms with van der Waals surface area (Å²) in [7, 11) is -7.80. The fourth-order valence-electron chi connectivity index (χ4n) is 1.05. The molecule has 92 valence electrons. The predicted octanol–water partition coefficient (Wildman–Crippen LogP) is -0.985. The normalized spacial score (nSPS) is 12.0. The first-order chi connectivity index (χ1) is 7.76. The summed E-state index contributed by atoms with van der Waals surface area (Å²) >= 11 is 0. The molecule has 0 unspecified atom stereocenters. The van der Waals surface area contributed by atoms with Gasteiger partial charge in [0.1, 0.15) is 6.07 Å². The lowest BCUT2D eigenvalue weighted by molar-refractivity contribution is 0.586. The molecule has 1 aromatic heterocycles. The Labute approximate surface area is 98.9 Å². The van der Waals surface area contributed by atoms with Crippen LogP contribution in [0.15, 0.2) is 23.4 Å². The Morgan fingerprint density at radius 3 is 2.47 bits per heavy atom. The zero-order chi connectivity index (χ0) is 13.1. The van der Waals surface area contributed by atoms with Crippen molar-refractivity contribution in [3.8, 4) is 6.07 Å². The van der Waals surface area contributed by atoms with Gasteiger partial charge in [-0.05, 0) is 12.1 Å². The molecular weight excluding hydrogens is 266 g/mol. The van der Waals surface area contributed by atoms with Gasteiger partial charge in [-0.3, -0.25) is 0 Å². The van der Waals surface area contributed by atoms with E-state index in [9.17, 15) is 16.8 Å². The first-order valence-electron chi connectivity index (χ1n) is 4.34. The Kier molecular flexibility index (Phi) is 3.82. The van der Waals surface area contributed by atoms with Crippen molar-refractivity contribution in [3.05, 3.63) is 23.9 Å². The van der Waals surface area contributed by atoms with Crippen LogP contribution in [0.3, 0.4) is 0 Å². The molecule has 1 rings (SSSR count). The highest BCUT2D eigenvalue weighted by Crippen LogP contribution is 2.12. The van der Waals surface area contributed by atoms with E-state index in [1.165, 1.54) is 18.3 Å². The Hall–Kier alpha value is -1.50. The highest BCUT2D eigenvalue weighted by molar-refractivity contribution is 7.94. The summed E-state index contributed by atoms with van der Waals surface area (Å²) in [4.78, 5) is 3.58. The van der Waals surface area contributed by atoms with Crippen molar-refractivity contribution in [3.63, 3.8) is 0 Å². The van der Waals surface area contributed by atoms with E-state index in [2.05, 4.69) is 4.98 Å². The highest BCUT2D eigenvalue weighted by atomic mass is 32.2. The van der Waals surface area contributed by atoms with Gasteiger partial charge in [-0.15, -0.1) is 0 Å². The van der Waals surface area contributed by atoms with Crippen LogP contribution in [-0.2, 0) is 19.9 Å². The van der Waals surface area contributed by atoms with E-state index in [-0.39, 0.29) is 5.56 Å². The molecule has 0 radical (unpaired) electrons. The summed E-state index contributed by atoms with van der Waals surface area (Å²) in [5.74, 6) is -1.41. The number of nitrogens with two attached hydrogens (primary N) is 1. The second-order valence-electron chi connectivity index (χ2n) is 3.15. The van der Waals surface area contributed by atoms with Gasteiger partial charge in [0.25, 0.3) is 0 Å². The predicted molar refractivity (Wildman–Crippen MR) is 59.0 cm³/mol. The third kappa shape index (κ3) is 3.77. The van der Waals surface area contributed by atoms with Gasteiger partial charge < -0.3 is 0 Å². The van der Waals surface area contributed by atoms with Gasteiger partial charge in [-0.2, -0.15) is 5.26 Å². The molecule has 0 amide bonds. The lowest BCUT2D eigenvalue weighted by Gasteiger charge is -2.03. The molecule has 0 aromatic carbocycles. The van der Waals surface area contributed by atoms with E-state index >= 15 is 0 Å². The van der Waals surface area contributed by atoms with E-state index in [1.807, 2.05) is 0 Å². The molecule has 7 nitrogen and oxygen atoms in total. The first-order valence-corrected chi connectivity index (χ1v) is 7.71. The van der Waals surface area contributed by atoms with Crippen molar-refractivity contribution in [2.75, 3.05) is 11.5 Å². The Bertz CT molecular complexity index is 658. The minimum Gasteiger partial charge on any atom is -0.243 e. The van der Waals surface area contributed by atoms with Gasteiger partial charge in [0.05, 0.1) is 17.1 Å². The Morgan fingerprint density at radius 2 is 1.94 bits per heavy atom. The molecule has 0 saturated heterocycles. The molecule has 0 spiro atoms. The number of primary sulfonamides is 1. The fraction of sp³-hybridized carbons (Fsp3) is 0.250. The van der Waals surface area contributed by atoms with Crippen LogP contribution in [0.5, 0.6) is 0 Å². The number of nitrogens with zero attached hydrogens (tertiary/aromatic N) is 2. The van der Waals surface area contributed by atoms with Crippen LogP contribution < -0.4 is 5.14 Å². The van der Waals surface area contributed by atoms with E-state index in [0.717, 1.165) is 0 Å². The van der Waals surface area contributed by atoms with Crippen LogP contribution in [0, 0.1) is 11.3 Å². The minimum absolute atomic E-state index is 0.123. The molecular formula is C8H9N3O4S2. The summed E-state index contributed by atoms with van der Waals surface area (Å²) in [6, 6.07) is 4.38. The molecule has 0 aliphatic rings. The highest BCUT2D eigenvalue weighted by Gasteiger charge is 2.22. The number of aromatic nitrogens is 1. The van der Waals surface area contributed by atoms with Crippen LogP contribution in [0.2, 0.25) is 0 Å². The molecule has 2 N–H and O–H groups in total. The van der Waals surface area contributed by atoms with Crippen LogP contribution >= 0.6 is 0 Å². The Balaban J connectivity index is 3.11. The van der Waals surface area contributed by atoms with E-state index in [4.69, 9.17) is 10.4 Å². The maximum atomic E-state index is 11.7. The molecule has 0 fully saturated rings. The largest absolute Gasteiger partial charge is 0.243 e. The fourth-order valence-corrected chi connectivity index (χ4v) is 3.72. The van der Waals surface area contributed by atoms with E-state index in [1.54, 1.807) is 6.07 Å². The summed E-state index contributed by atoms with van der Waals surface area (Å²) in [5, 5.41) is 13.0. The van der Waals surface area contributed by atoms with Gasteiger partial charge >= 0.3 is 0 Å². The number of pyridine rings is 1. The van der Waals surface area contributed by atoms with Gasteiger partial charge in [-0.1, -0.05) is 0 Å². The average Bonchev–Trinajstić information content (AvgIpc) is 2.26. The third-order valence-electron chi connectivity index (χ3n) is 1.82. The van der Waals surface area contributed by atoms with Gasteiger partial charge in [0.2, 0.25) is 10.0 Å². The Morgan fingerprint density at radius 1 is 1.29 bits per heavy atom. The summed E-state index contributed by atoms with van der Waals surface area (Å²) in [6.07, 6.45) is 1.21. The summed E-state index contributed by atoms with van der Waals surface area (Å²) in [5.41, 5.74) is -0.123. The summed E-state index contributed by atoms with van der Waals surface area (Å²) in [6.45, 7) is 0. The van der Waals surface area contributed by atoms with Crippen molar-refractivity contribution in [2.24, 2.45) is 5.14 Å². The molecule has 17 heavy (non-hydrogen) atoms. The quantitative estimate of drug-likeness (QED) is 0.751. The van der Waals surface area contributed by atoms with Crippen molar-refractivity contribution < 1.29 is 16.8 Å². The van der Waals surface area contributed by atoms with Gasteiger partial charge in [0.15, 0.2) is 14.9 Å². The first kappa shape index (κ1) is 13.6. The van der Waals surface area contributed by atoms with Crippen molar-refractivity contribution in [2.45, 2.75) is 5.03 Å². The van der Waals surface area contributed by atoms with E-state index in [0.29, 0.717) is 0 Å². The number of rotatable bonds is 4. The average molecular weight is 275 g/mol. The van der Waals surface area contributed by atoms with Crippen LogP contribution in [0.4, 0.5) is 0 Å². The second kappa shape index (κ2) is 4.79. The van der Waals surface area contributed by atoms with Crippen molar-refractivity contribution >= 4 is 19.9 Å². The number of hydrogen-bond acceptors (Lipinski definition) is 6. The van der Waals surface area contributed by atoms with E-state index < -0.39 is 36.4 Å². The summed E-state index contributed by atoms with van der Waals surface area (Å²) < 4.78 is 44.8. The number of sulfonamides is 1. The smallest absolute Gasteiger partial charge is 0.210 e. The molecule has 0 atom stereocenters.